The van der Waals surface area contributed by atoms with Gasteiger partial charge in [-0.25, -0.2) is 0 Å². The number of carbonyl (C=O) groups excluding carboxylic acids is 2. The smallest absolute Gasteiger partial charge is 0.253 e. The molecule has 0 aliphatic heterocycles. The van der Waals surface area contributed by atoms with E-state index < -0.39 is 0 Å². The first kappa shape index (κ1) is 19.4. The van der Waals surface area contributed by atoms with Crippen LogP contribution in [0.15, 0.2) is 53.4 Å². The lowest BCUT2D eigenvalue weighted by Gasteiger charge is -2.06. The first-order valence-corrected chi connectivity index (χ1v) is 9.20. The van der Waals surface area contributed by atoms with Gasteiger partial charge in [-0.3, -0.25) is 9.59 Å². The normalized spacial score (nSPS) is 9.62. The lowest BCUT2D eigenvalue weighted by molar-refractivity contribution is -0.114. The molecule has 0 bridgehead atoms. The van der Waals surface area contributed by atoms with Crippen LogP contribution in [-0.4, -0.2) is 31.2 Å². The molecule has 0 aliphatic carbocycles. The lowest BCUT2D eigenvalue weighted by Crippen LogP contribution is -2.24. The van der Waals surface area contributed by atoms with Crippen LogP contribution in [0.5, 0.6) is 5.75 Å². The highest BCUT2D eigenvalue weighted by Gasteiger charge is 2.08. The van der Waals surface area contributed by atoms with E-state index in [9.17, 15) is 9.59 Å². The number of benzene rings is 2. The SMILES string of the molecule is CSc1ccccc1C(=O)NCC#CCOc1cccc(NC(C)=O)c1. The molecule has 0 atom stereocenters. The van der Waals surface area contributed by atoms with Crippen molar-refractivity contribution in [3.63, 3.8) is 0 Å². The third-order valence-electron chi connectivity index (χ3n) is 3.28. The molecule has 2 rings (SSSR count). The van der Waals surface area contributed by atoms with Crippen molar-refractivity contribution in [3.05, 3.63) is 54.1 Å². The minimum Gasteiger partial charge on any atom is -0.481 e. The van der Waals surface area contributed by atoms with Gasteiger partial charge in [-0.05, 0) is 30.5 Å². The van der Waals surface area contributed by atoms with Gasteiger partial charge in [-0.15, -0.1) is 11.8 Å². The average molecular weight is 368 g/mol. The Morgan fingerprint density at radius 1 is 1.12 bits per heavy atom. The van der Waals surface area contributed by atoms with Crippen molar-refractivity contribution in [2.45, 2.75) is 11.8 Å². The van der Waals surface area contributed by atoms with Crippen LogP contribution in [0.2, 0.25) is 0 Å². The van der Waals surface area contributed by atoms with E-state index in [1.165, 1.54) is 18.7 Å². The Kier molecular flexibility index (Phi) is 7.59. The summed E-state index contributed by atoms with van der Waals surface area (Å²) in [6.45, 7) is 1.89. The molecule has 2 amide bonds. The summed E-state index contributed by atoms with van der Waals surface area (Å²) >= 11 is 1.53. The molecule has 0 radical (unpaired) electrons. The minimum atomic E-state index is -0.145. The molecule has 0 fully saturated rings. The van der Waals surface area contributed by atoms with Crippen molar-refractivity contribution in [2.24, 2.45) is 0 Å². The minimum absolute atomic E-state index is 0.138. The summed E-state index contributed by atoms with van der Waals surface area (Å²) in [6, 6.07) is 14.5. The molecule has 0 unspecified atom stereocenters. The summed E-state index contributed by atoms with van der Waals surface area (Å²) in [5.74, 6) is 6.04. The zero-order chi connectivity index (χ0) is 18.8. The molecule has 6 heteroatoms. The van der Waals surface area contributed by atoms with E-state index in [-0.39, 0.29) is 25.0 Å². The number of anilines is 1. The van der Waals surface area contributed by atoms with E-state index in [0.717, 1.165) is 4.90 Å². The van der Waals surface area contributed by atoms with Crippen LogP contribution in [0.1, 0.15) is 17.3 Å². The highest BCUT2D eigenvalue weighted by atomic mass is 32.2. The monoisotopic (exact) mass is 368 g/mol. The number of ether oxygens (including phenoxy) is 1. The predicted molar refractivity (Wildman–Crippen MR) is 105 cm³/mol. The van der Waals surface area contributed by atoms with Gasteiger partial charge in [0.1, 0.15) is 12.4 Å². The summed E-state index contributed by atoms with van der Waals surface area (Å²) in [7, 11) is 0. The predicted octanol–water partition coefficient (Wildman–Crippen LogP) is 3.18. The molecule has 0 aliphatic rings. The zero-order valence-corrected chi connectivity index (χ0v) is 15.5. The topological polar surface area (TPSA) is 67.4 Å². The molecule has 2 aromatic rings. The van der Waals surface area contributed by atoms with Crippen LogP contribution in [-0.2, 0) is 4.79 Å². The molecule has 0 saturated heterocycles. The third-order valence-corrected chi connectivity index (χ3v) is 4.08. The summed E-state index contributed by atoms with van der Waals surface area (Å²) in [6.07, 6.45) is 1.93. The van der Waals surface area contributed by atoms with Gasteiger partial charge in [0.05, 0.1) is 12.1 Å². The summed E-state index contributed by atoms with van der Waals surface area (Å²) in [4.78, 5) is 24.1. The Morgan fingerprint density at radius 3 is 2.69 bits per heavy atom. The Morgan fingerprint density at radius 2 is 1.92 bits per heavy atom. The van der Waals surface area contributed by atoms with Gasteiger partial charge in [0, 0.05) is 23.6 Å². The van der Waals surface area contributed by atoms with Crippen molar-refractivity contribution >= 4 is 29.3 Å². The van der Waals surface area contributed by atoms with Crippen molar-refractivity contribution in [1.29, 1.82) is 0 Å². The molecule has 0 saturated carbocycles. The van der Waals surface area contributed by atoms with Crippen LogP contribution in [0, 0.1) is 11.8 Å². The fourth-order valence-electron chi connectivity index (χ4n) is 2.15. The van der Waals surface area contributed by atoms with Crippen LogP contribution < -0.4 is 15.4 Å². The summed E-state index contributed by atoms with van der Waals surface area (Å²) in [5, 5.41) is 5.46. The molecule has 134 valence electrons. The largest absolute Gasteiger partial charge is 0.481 e. The molecule has 0 heterocycles. The lowest BCUT2D eigenvalue weighted by atomic mass is 10.2. The molecule has 0 aromatic heterocycles. The summed E-state index contributed by atoms with van der Waals surface area (Å²) < 4.78 is 5.52. The van der Waals surface area contributed by atoms with E-state index in [1.54, 1.807) is 30.3 Å². The molecule has 26 heavy (non-hydrogen) atoms. The fraction of sp³-hybridized carbons (Fsp3) is 0.200. The highest BCUT2D eigenvalue weighted by Crippen LogP contribution is 2.19. The van der Waals surface area contributed by atoms with Crippen molar-refractivity contribution < 1.29 is 14.3 Å². The quantitative estimate of drug-likeness (QED) is 0.607. The van der Waals surface area contributed by atoms with Gasteiger partial charge in [0.25, 0.3) is 5.91 Å². The molecular weight excluding hydrogens is 348 g/mol. The number of rotatable bonds is 6. The first-order valence-electron chi connectivity index (χ1n) is 7.97. The Labute approximate surface area is 157 Å². The zero-order valence-electron chi connectivity index (χ0n) is 14.7. The van der Waals surface area contributed by atoms with E-state index in [2.05, 4.69) is 22.5 Å². The molecule has 5 nitrogen and oxygen atoms in total. The molecule has 2 aromatic carbocycles. The number of amides is 2. The van der Waals surface area contributed by atoms with Crippen LogP contribution in [0.3, 0.4) is 0 Å². The number of nitrogens with one attached hydrogen (secondary N) is 2. The Balaban J connectivity index is 1.79. The van der Waals surface area contributed by atoms with Crippen molar-refractivity contribution in [3.8, 4) is 17.6 Å². The van der Waals surface area contributed by atoms with Gasteiger partial charge >= 0.3 is 0 Å². The van der Waals surface area contributed by atoms with E-state index in [4.69, 9.17) is 4.74 Å². The number of hydrogen-bond donors (Lipinski definition) is 2. The third kappa shape index (κ3) is 6.19. The van der Waals surface area contributed by atoms with Crippen LogP contribution in [0.4, 0.5) is 5.69 Å². The molecule has 2 N–H and O–H groups in total. The second-order valence-electron chi connectivity index (χ2n) is 5.23. The molecule has 0 spiro atoms. The van der Waals surface area contributed by atoms with Crippen molar-refractivity contribution in [1.82, 2.24) is 5.32 Å². The van der Waals surface area contributed by atoms with Crippen molar-refractivity contribution in [2.75, 3.05) is 24.7 Å². The average Bonchev–Trinajstić information content (AvgIpc) is 2.64. The number of thioether (sulfide) groups is 1. The second kappa shape index (κ2) is 10.2. The standard InChI is InChI=1S/C20H20N2O3S/c1-15(23)22-16-8-7-9-17(14-16)25-13-6-5-12-21-20(24)18-10-3-4-11-19(18)26-2/h3-4,7-11,14H,12-13H2,1-2H3,(H,21,24)(H,22,23). The van der Waals surface area contributed by atoms with E-state index in [1.807, 2.05) is 24.5 Å². The van der Waals surface area contributed by atoms with Gasteiger partial charge in [0.2, 0.25) is 5.91 Å². The van der Waals surface area contributed by atoms with E-state index in [0.29, 0.717) is 17.0 Å². The maximum atomic E-state index is 12.1. The fourth-order valence-corrected chi connectivity index (χ4v) is 2.75. The van der Waals surface area contributed by atoms with Gasteiger partial charge in [-0.2, -0.15) is 0 Å². The second-order valence-corrected chi connectivity index (χ2v) is 6.08. The van der Waals surface area contributed by atoms with Gasteiger partial charge in [0.15, 0.2) is 0 Å². The van der Waals surface area contributed by atoms with Gasteiger partial charge < -0.3 is 15.4 Å². The number of hydrogen-bond acceptors (Lipinski definition) is 4. The summed E-state index contributed by atoms with van der Waals surface area (Å²) in [5.41, 5.74) is 1.32. The maximum Gasteiger partial charge on any atom is 0.253 e. The Bertz CT molecular complexity index is 840. The van der Waals surface area contributed by atoms with Gasteiger partial charge in [-0.1, -0.05) is 30.0 Å². The van der Waals surface area contributed by atoms with Crippen LogP contribution in [0.25, 0.3) is 0 Å². The van der Waals surface area contributed by atoms with Crippen LogP contribution >= 0.6 is 11.8 Å². The first-order chi connectivity index (χ1) is 12.6. The van der Waals surface area contributed by atoms with E-state index >= 15 is 0 Å². The molecular formula is C20H20N2O3S. The highest BCUT2D eigenvalue weighted by molar-refractivity contribution is 7.98. The maximum absolute atomic E-state index is 12.1. The Hall–Kier alpha value is -2.91. The number of carbonyl (C=O) groups is 2.